The van der Waals surface area contributed by atoms with Gasteiger partial charge in [0.05, 0.1) is 11.0 Å². The summed E-state index contributed by atoms with van der Waals surface area (Å²) in [5.41, 5.74) is 3.83. The number of aromatic nitrogens is 2. The van der Waals surface area contributed by atoms with Gasteiger partial charge in [-0.3, -0.25) is 9.78 Å². The van der Waals surface area contributed by atoms with Crippen LogP contribution in [0.5, 0.6) is 0 Å². The Morgan fingerprint density at radius 3 is 2.90 bits per heavy atom. The Labute approximate surface area is 60.9 Å². The molecule has 1 aromatic carbocycles. The minimum Gasteiger partial charge on any atom is -0.296 e. The molecule has 2 aromatic rings. The van der Waals surface area contributed by atoms with Gasteiger partial charge in [-0.2, -0.15) is 0 Å². The summed E-state index contributed by atoms with van der Waals surface area (Å²) in [5, 5.41) is 3.15. The number of nitrogens with one attached hydrogen (secondary N) is 1. The summed E-state index contributed by atoms with van der Waals surface area (Å²) in [6.07, 6.45) is 0. The van der Waals surface area contributed by atoms with E-state index in [1.54, 1.807) is 0 Å². The highest BCUT2D eigenvalue weighted by molar-refractivity contribution is 5.77. The van der Waals surface area contributed by atoms with Crippen LogP contribution in [-0.2, 0) is 7.05 Å². The number of hydrogen-bond donors (Lipinski definition) is 1. The van der Waals surface area contributed by atoms with E-state index in [1.165, 1.54) is 16.6 Å². The van der Waals surface area contributed by atoms with Gasteiger partial charge < -0.3 is 0 Å². The average molecular weight is 136 g/mol. The van der Waals surface area contributed by atoms with Crippen LogP contribution in [0.25, 0.3) is 11.0 Å². The van der Waals surface area contributed by atoms with Crippen LogP contribution in [0.2, 0.25) is 0 Å². The van der Waals surface area contributed by atoms with Gasteiger partial charge in [0.15, 0.2) is 0 Å². The summed E-state index contributed by atoms with van der Waals surface area (Å²) in [4.78, 5) is 0. The maximum absolute atomic E-state index is 3.15. The predicted molar refractivity (Wildman–Crippen MR) is 44.1 cm³/mol. The Bertz CT molecular complexity index is 355. The third-order valence-corrected chi connectivity index (χ3v) is 1.80. The van der Waals surface area contributed by atoms with E-state index in [1.807, 2.05) is 11.7 Å². The van der Waals surface area contributed by atoms with Gasteiger partial charge in [-0.05, 0) is 24.6 Å². The zero-order valence-corrected chi connectivity index (χ0v) is 6.18. The van der Waals surface area contributed by atoms with Crippen molar-refractivity contribution in [2.75, 3.05) is 0 Å². The van der Waals surface area contributed by atoms with E-state index >= 15 is 0 Å². The average Bonchev–Trinajstić information content (AvgIpc) is 1.92. The Kier molecular flexibility index (Phi) is 0.926. The number of benzene rings is 1. The van der Waals surface area contributed by atoms with Crippen LogP contribution in [0.1, 0.15) is 6.99 Å². The first kappa shape index (κ1) is 5.59. The van der Waals surface area contributed by atoms with Crippen molar-refractivity contribution in [2.45, 2.75) is 6.92 Å². The zero-order chi connectivity index (χ0) is 7.14. The number of H-pyrrole nitrogens is 1. The fourth-order valence-corrected chi connectivity index (χ4v) is 1.20. The van der Waals surface area contributed by atoms with E-state index in [-0.39, 0.29) is 1.43 Å². The van der Waals surface area contributed by atoms with Crippen molar-refractivity contribution in [1.29, 1.82) is 0 Å². The molecule has 1 aromatic heterocycles. The summed E-state index contributed by atoms with van der Waals surface area (Å²) in [6.45, 7) is 2.10. The third-order valence-electron chi connectivity index (χ3n) is 1.80. The fourth-order valence-electron chi connectivity index (χ4n) is 1.20. The highest BCUT2D eigenvalue weighted by Gasteiger charge is 1.98. The van der Waals surface area contributed by atoms with E-state index in [2.05, 4.69) is 30.2 Å². The van der Waals surface area contributed by atoms with Gasteiger partial charge in [0.25, 0.3) is 0 Å². The number of nitrogens with zero attached hydrogens (tertiary/aromatic N) is 1. The van der Waals surface area contributed by atoms with E-state index in [9.17, 15) is 0 Å². The first-order chi connectivity index (χ1) is 4.77. The van der Waals surface area contributed by atoms with Crippen molar-refractivity contribution >= 4 is 11.0 Å². The van der Waals surface area contributed by atoms with Crippen molar-refractivity contribution in [3.8, 4) is 0 Å². The van der Waals surface area contributed by atoms with Gasteiger partial charge in [0.2, 0.25) is 0 Å². The summed E-state index contributed by atoms with van der Waals surface area (Å²) in [5.74, 6) is 0. The van der Waals surface area contributed by atoms with Crippen molar-refractivity contribution in [1.82, 2.24) is 9.78 Å². The van der Waals surface area contributed by atoms with Gasteiger partial charge in [0.1, 0.15) is 0 Å². The molecular formula is C8H12N2. The normalized spacial score (nSPS) is 11.0. The van der Waals surface area contributed by atoms with Gasteiger partial charge in [-0.25, -0.2) is 0 Å². The van der Waals surface area contributed by atoms with Gasteiger partial charge in [-0.15, -0.1) is 0 Å². The molecule has 2 nitrogen and oxygen atoms in total. The first-order valence-electron chi connectivity index (χ1n) is 3.38. The molecule has 0 amide bonds. The molecule has 0 aliphatic carbocycles. The number of hydrogen-bond acceptors (Lipinski definition) is 0. The van der Waals surface area contributed by atoms with Gasteiger partial charge in [-0.1, -0.05) is 6.07 Å². The van der Waals surface area contributed by atoms with Crippen molar-refractivity contribution in [3.05, 3.63) is 23.8 Å². The van der Waals surface area contributed by atoms with E-state index in [4.69, 9.17) is 0 Å². The molecule has 1 N–H and O–H groups in total. The summed E-state index contributed by atoms with van der Waals surface area (Å²) in [6, 6.07) is 6.38. The predicted octanol–water partition coefficient (Wildman–Crippen LogP) is 2.06. The Balaban J connectivity index is 0.000000605. The maximum Gasteiger partial charge on any atom is 0.0820 e. The van der Waals surface area contributed by atoms with Crippen LogP contribution in [0, 0.1) is 6.92 Å². The minimum atomic E-state index is 0. The molecule has 0 radical (unpaired) electrons. The lowest BCUT2D eigenvalue weighted by Gasteiger charge is -2.11. The number of rotatable bonds is 0. The van der Waals surface area contributed by atoms with Crippen LogP contribution in [0.3, 0.4) is 0 Å². The minimum absolute atomic E-state index is 0. The van der Waals surface area contributed by atoms with Gasteiger partial charge >= 0.3 is 0 Å². The molecular weight excluding hydrogens is 124 g/mol. The van der Waals surface area contributed by atoms with Crippen molar-refractivity contribution < 1.29 is 1.43 Å². The SMILES string of the molecule is Cc1ccc2[nH]n(C)c2c1.[HH]. The molecule has 1 heterocycles. The first-order valence-corrected chi connectivity index (χ1v) is 3.38. The Morgan fingerprint density at radius 2 is 2.30 bits per heavy atom. The van der Waals surface area contributed by atoms with Crippen LogP contribution in [0.4, 0.5) is 0 Å². The van der Waals surface area contributed by atoms with Crippen molar-refractivity contribution in [2.24, 2.45) is 7.05 Å². The van der Waals surface area contributed by atoms with Crippen LogP contribution < -0.4 is 0 Å². The molecule has 0 spiro atoms. The molecule has 0 bridgehead atoms. The molecule has 2 rings (SSSR count). The van der Waals surface area contributed by atoms with E-state index in [0.29, 0.717) is 0 Å². The number of fused-ring (bicyclic) bond motifs is 1. The second-order valence-electron chi connectivity index (χ2n) is 2.69. The summed E-state index contributed by atoms with van der Waals surface area (Å²) in [7, 11) is 2.02. The lowest BCUT2D eigenvalue weighted by molar-refractivity contribution is 0.761. The Hall–Kier alpha value is -1.18. The smallest absolute Gasteiger partial charge is 0.0820 e. The molecule has 0 aliphatic rings. The number of aromatic amines is 1. The third kappa shape index (κ3) is 0.588. The molecule has 10 heavy (non-hydrogen) atoms. The monoisotopic (exact) mass is 136 g/mol. The second kappa shape index (κ2) is 1.66. The maximum atomic E-state index is 3.15. The lowest BCUT2D eigenvalue weighted by Crippen LogP contribution is -2.04. The molecule has 0 fully saturated rings. The molecule has 54 valence electrons. The number of aryl methyl sites for hydroxylation is 2. The molecule has 0 aliphatic heterocycles. The lowest BCUT2D eigenvalue weighted by atomic mass is 10.2. The Morgan fingerprint density at radius 1 is 1.50 bits per heavy atom. The fraction of sp³-hybridized carbons (Fsp3) is 0.250. The molecule has 0 saturated heterocycles. The van der Waals surface area contributed by atoms with E-state index in [0.717, 1.165) is 0 Å². The van der Waals surface area contributed by atoms with Gasteiger partial charge in [0, 0.05) is 8.47 Å². The summed E-state index contributed by atoms with van der Waals surface area (Å²) < 4.78 is 2.02. The van der Waals surface area contributed by atoms with Crippen LogP contribution >= 0.6 is 0 Å². The topological polar surface area (TPSA) is 20.7 Å². The molecule has 0 saturated carbocycles. The quantitative estimate of drug-likeness (QED) is 0.572. The van der Waals surface area contributed by atoms with Crippen LogP contribution in [-0.4, -0.2) is 9.78 Å². The van der Waals surface area contributed by atoms with E-state index < -0.39 is 0 Å². The van der Waals surface area contributed by atoms with Crippen LogP contribution in [0.15, 0.2) is 18.2 Å². The molecule has 0 atom stereocenters. The standard InChI is InChI=1S/C8H10N2.H2/c1-6-3-4-7-8(5-6)10(2)9-7;/h3-5,9H,1-2H3;1H. The summed E-state index contributed by atoms with van der Waals surface area (Å²) >= 11 is 0. The second-order valence-corrected chi connectivity index (χ2v) is 2.69. The molecule has 2 heteroatoms. The molecule has 0 unspecified atom stereocenters. The largest absolute Gasteiger partial charge is 0.296 e. The van der Waals surface area contributed by atoms with Crippen molar-refractivity contribution in [3.63, 3.8) is 0 Å². The highest BCUT2D eigenvalue weighted by Crippen LogP contribution is 2.14. The highest BCUT2D eigenvalue weighted by atomic mass is 15.3. The zero-order valence-electron chi connectivity index (χ0n) is 6.18.